The SMILES string of the molecule is CCC(C)C(NC(=O)C(C)N)C(=O)NC(Cc1ccccc1)C(=O)NC(CCC(N)=O)C(=O)O. The normalized spacial score (nSPS) is 15.2. The first-order valence-electron chi connectivity index (χ1n) is 11.2. The summed E-state index contributed by atoms with van der Waals surface area (Å²) < 4.78 is 0. The van der Waals surface area contributed by atoms with E-state index in [0.717, 1.165) is 5.56 Å². The summed E-state index contributed by atoms with van der Waals surface area (Å²) in [6.45, 7) is 5.13. The predicted octanol–water partition coefficient (Wildman–Crippen LogP) is -0.573. The van der Waals surface area contributed by atoms with Gasteiger partial charge in [-0.05, 0) is 24.8 Å². The van der Waals surface area contributed by atoms with Gasteiger partial charge in [-0.15, -0.1) is 0 Å². The highest BCUT2D eigenvalue weighted by atomic mass is 16.4. The first-order chi connectivity index (χ1) is 16.0. The maximum Gasteiger partial charge on any atom is 0.326 e. The number of amides is 4. The molecule has 0 radical (unpaired) electrons. The molecule has 0 spiro atoms. The van der Waals surface area contributed by atoms with Gasteiger partial charge in [-0.3, -0.25) is 19.2 Å². The first-order valence-corrected chi connectivity index (χ1v) is 11.2. The molecule has 1 aromatic carbocycles. The van der Waals surface area contributed by atoms with Crippen molar-refractivity contribution in [3.63, 3.8) is 0 Å². The quantitative estimate of drug-likeness (QED) is 0.206. The van der Waals surface area contributed by atoms with Gasteiger partial charge in [0.15, 0.2) is 0 Å². The van der Waals surface area contributed by atoms with Gasteiger partial charge in [0.25, 0.3) is 0 Å². The van der Waals surface area contributed by atoms with E-state index >= 15 is 0 Å². The fraction of sp³-hybridized carbons (Fsp3) is 0.522. The third-order valence-corrected chi connectivity index (χ3v) is 5.42. The summed E-state index contributed by atoms with van der Waals surface area (Å²) in [7, 11) is 0. The van der Waals surface area contributed by atoms with E-state index in [1.165, 1.54) is 6.92 Å². The molecule has 11 heteroatoms. The van der Waals surface area contributed by atoms with Crippen molar-refractivity contribution >= 4 is 29.6 Å². The molecule has 0 aliphatic rings. The van der Waals surface area contributed by atoms with E-state index in [-0.39, 0.29) is 25.2 Å². The fourth-order valence-corrected chi connectivity index (χ4v) is 3.12. The molecule has 34 heavy (non-hydrogen) atoms. The second-order valence-electron chi connectivity index (χ2n) is 8.32. The van der Waals surface area contributed by atoms with Crippen LogP contribution in [0.4, 0.5) is 0 Å². The number of carboxylic acid groups (broad SMARTS) is 1. The van der Waals surface area contributed by atoms with Crippen molar-refractivity contribution in [3.8, 4) is 0 Å². The summed E-state index contributed by atoms with van der Waals surface area (Å²) >= 11 is 0. The minimum Gasteiger partial charge on any atom is -0.480 e. The number of aliphatic carboxylic acids is 1. The highest BCUT2D eigenvalue weighted by Crippen LogP contribution is 2.11. The lowest BCUT2D eigenvalue weighted by Crippen LogP contribution is -2.58. The lowest BCUT2D eigenvalue weighted by Gasteiger charge is -2.27. The van der Waals surface area contributed by atoms with Crippen LogP contribution < -0.4 is 27.4 Å². The van der Waals surface area contributed by atoms with Gasteiger partial charge < -0.3 is 32.5 Å². The van der Waals surface area contributed by atoms with Gasteiger partial charge in [-0.25, -0.2) is 4.79 Å². The van der Waals surface area contributed by atoms with E-state index in [1.807, 2.05) is 6.92 Å². The number of hydrogen-bond acceptors (Lipinski definition) is 6. The zero-order valence-corrected chi connectivity index (χ0v) is 19.7. The molecule has 188 valence electrons. The van der Waals surface area contributed by atoms with E-state index in [0.29, 0.717) is 6.42 Å². The van der Waals surface area contributed by atoms with Crippen molar-refractivity contribution in [3.05, 3.63) is 35.9 Å². The molecule has 4 amide bonds. The van der Waals surface area contributed by atoms with E-state index in [9.17, 15) is 29.1 Å². The second-order valence-corrected chi connectivity index (χ2v) is 8.32. The van der Waals surface area contributed by atoms with Crippen LogP contribution in [-0.2, 0) is 30.4 Å². The number of rotatable bonds is 14. The number of primary amides is 1. The van der Waals surface area contributed by atoms with Gasteiger partial charge in [0.1, 0.15) is 18.1 Å². The Morgan fingerprint density at radius 2 is 1.50 bits per heavy atom. The van der Waals surface area contributed by atoms with Crippen LogP contribution in [0.2, 0.25) is 0 Å². The van der Waals surface area contributed by atoms with Gasteiger partial charge in [0, 0.05) is 12.8 Å². The van der Waals surface area contributed by atoms with Gasteiger partial charge in [0.05, 0.1) is 6.04 Å². The average Bonchev–Trinajstić information content (AvgIpc) is 2.78. The minimum absolute atomic E-state index is 0.0784. The summed E-state index contributed by atoms with van der Waals surface area (Å²) in [5.74, 6) is -4.14. The Balaban J connectivity index is 3.12. The molecule has 1 aromatic rings. The van der Waals surface area contributed by atoms with Gasteiger partial charge in [0.2, 0.25) is 23.6 Å². The summed E-state index contributed by atoms with van der Waals surface area (Å²) in [5.41, 5.74) is 11.4. The van der Waals surface area contributed by atoms with Crippen LogP contribution in [0, 0.1) is 5.92 Å². The van der Waals surface area contributed by atoms with Crippen molar-refractivity contribution in [2.45, 2.75) is 70.6 Å². The van der Waals surface area contributed by atoms with Crippen molar-refractivity contribution < 1.29 is 29.1 Å². The van der Waals surface area contributed by atoms with Crippen LogP contribution >= 0.6 is 0 Å². The van der Waals surface area contributed by atoms with Crippen LogP contribution in [-0.4, -0.2) is 58.9 Å². The molecule has 11 nitrogen and oxygen atoms in total. The zero-order chi connectivity index (χ0) is 25.8. The summed E-state index contributed by atoms with van der Waals surface area (Å²) in [4.78, 5) is 60.9. The molecule has 0 aliphatic heterocycles. The van der Waals surface area contributed by atoms with Crippen LogP contribution in [0.15, 0.2) is 30.3 Å². The Morgan fingerprint density at radius 1 is 0.912 bits per heavy atom. The molecule has 0 bridgehead atoms. The van der Waals surface area contributed by atoms with Crippen molar-refractivity contribution in [2.24, 2.45) is 17.4 Å². The average molecular weight is 478 g/mol. The summed E-state index contributed by atoms with van der Waals surface area (Å²) in [6, 6.07) is 4.58. The number of nitrogens with one attached hydrogen (secondary N) is 3. The van der Waals surface area contributed by atoms with Crippen LogP contribution in [0.25, 0.3) is 0 Å². The predicted molar refractivity (Wildman–Crippen MR) is 125 cm³/mol. The maximum atomic E-state index is 13.1. The van der Waals surface area contributed by atoms with Crippen LogP contribution in [0.1, 0.15) is 45.6 Å². The number of benzene rings is 1. The largest absolute Gasteiger partial charge is 0.480 e. The standard InChI is InChI=1S/C23H35N5O6/c1-4-13(2)19(28-20(30)14(3)24)22(32)27-17(12-15-8-6-5-7-9-15)21(31)26-16(23(33)34)10-11-18(25)29/h5-9,13-14,16-17,19H,4,10-12,24H2,1-3H3,(H2,25,29)(H,26,31)(H,27,32)(H,28,30)(H,33,34). The lowest BCUT2D eigenvalue weighted by atomic mass is 9.96. The molecule has 0 aromatic heterocycles. The van der Waals surface area contributed by atoms with E-state index < -0.39 is 53.8 Å². The molecular formula is C23H35N5O6. The van der Waals surface area contributed by atoms with Crippen LogP contribution in [0.3, 0.4) is 0 Å². The highest BCUT2D eigenvalue weighted by Gasteiger charge is 2.32. The maximum absolute atomic E-state index is 13.1. The molecule has 1 rings (SSSR count). The molecule has 0 aliphatic carbocycles. The molecule has 0 saturated heterocycles. The number of carbonyl (C=O) groups excluding carboxylic acids is 4. The zero-order valence-electron chi connectivity index (χ0n) is 19.7. The highest BCUT2D eigenvalue weighted by molar-refractivity contribution is 5.94. The molecule has 5 unspecified atom stereocenters. The van der Waals surface area contributed by atoms with Crippen LogP contribution in [0.5, 0.6) is 0 Å². The Hall–Kier alpha value is -3.47. The topological polar surface area (TPSA) is 194 Å². The second kappa shape index (κ2) is 13.9. The molecule has 5 atom stereocenters. The molecule has 0 fully saturated rings. The van der Waals surface area contributed by atoms with Crippen molar-refractivity contribution in [2.75, 3.05) is 0 Å². The van der Waals surface area contributed by atoms with Gasteiger partial charge >= 0.3 is 5.97 Å². The Labute approximate surface area is 199 Å². The summed E-state index contributed by atoms with van der Waals surface area (Å²) in [5, 5.41) is 17.0. The Kier molecular flexibility index (Phi) is 11.7. The Morgan fingerprint density at radius 3 is 2.00 bits per heavy atom. The molecule has 8 N–H and O–H groups in total. The first kappa shape index (κ1) is 28.6. The van der Waals surface area contributed by atoms with E-state index in [4.69, 9.17) is 11.5 Å². The number of carboxylic acids is 1. The number of hydrogen-bond donors (Lipinski definition) is 6. The lowest BCUT2D eigenvalue weighted by molar-refractivity contribution is -0.142. The number of nitrogens with two attached hydrogens (primary N) is 2. The summed E-state index contributed by atoms with van der Waals surface area (Å²) in [6.07, 6.45) is 0.227. The third kappa shape index (κ3) is 9.57. The third-order valence-electron chi connectivity index (χ3n) is 5.42. The molecular weight excluding hydrogens is 442 g/mol. The minimum atomic E-state index is -1.36. The van der Waals surface area contributed by atoms with Gasteiger partial charge in [-0.1, -0.05) is 50.6 Å². The van der Waals surface area contributed by atoms with E-state index in [2.05, 4.69) is 16.0 Å². The number of carbonyl (C=O) groups is 5. The molecule has 0 heterocycles. The van der Waals surface area contributed by atoms with Gasteiger partial charge in [-0.2, -0.15) is 0 Å². The van der Waals surface area contributed by atoms with Crippen molar-refractivity contribution in [1.82, 2.24) is 16.0 Å². The Bertz CT molecular complexity index is 861. The van der Waals surface area contributed by atoms with Crippen molar-refractivity contribution in [1.29, 1.82) is 0 Å². The monoisotopic (exact) mass is 477 g/mol. The smallest absolute Gasteiger partial charge is 0.326 e. The van der Waals surface area contributed by atoms with E-state index in [1.54, 1.807) is 37.3 Å². The fourth-order valence-electron chi connectivity index (χ4n) is 3.12. The molecule has 0 saturated carbocycles.